The van der Waals surface area contributed by atoms with E-state index >= 15 is 0 Å². The van der Waals surface area contributed by atoms with E-state index in [1.54, 1.807) is 12.4 Å². The van der Waals surface area contributed by atoms with Crippen LogP contribution in [0.25, 0.3) is 0 Å². The molecule has 1 aromatic carbocycles. The standard InChI is InChI=1S/C16H19N3O/c17-19-15(13-5-8-18-9-6-13)3-1-12-2-4-16-14(11-12)7-10-20-16/h2,4-6,8-9,11,15,19H,1,3,7,10,17H2. The molecule has 0 saturated carbocycles. The van der Waals surface area contributed by atoms with Gasteiger partial charge in [-0.3, -0.25) is 16.3 Å². The Hall–Kier alpha value is -1.91. The van der Waals surface area contributed by atoms with Crippen molar-refractivity contribution in [2.24, 2.45) is 5.84 Å². The first-order valence-electron chi connectivity index (χ1n) is 6.97. The number of hydrazine groups is 1. The SMILES string of the molecule is NNC(CCc1ccc2c(c1)CCO2)c1ccncc1. The molecule has 1 aromatic heterocycles. The maximum atomic E-state index is 5.67. The van der Waals surface area contributed by atoms with Gasteiger partial charge in [0.05, 0.1) is 6.61 Å². The summed E-state index contributed by atoms with van der Waals surface area (Å²) in [5.74, 6) is 6.71. The topological polar surface area (TPSA) is 60.2 Å². The molecule has 0 saturated heterocycles. The predicted octanol–water partition coefficient (Wildman–Crippen LogP) is 2.15. The number of aromatic nitrogens is 1. The van der Waals surface area contributed by atoms with E-state index in [4.69, 9.17) is 10.6 Å². The predicted molar refractivity (Wildman–Crippen MR) is 78.3 cm³/mol. The molecule has 0 amide bonds. The highest BCUT2D eigenvalue weighted by Crippen LogP contribution is 2.27. The van der Waals surface area contributed by atoms with Gasteiger partial charge in [0, 0.05) is 24.9 Å². The molecule has 104 valence electrons. The van der Waals surface area contributed by atoms with E-state index in [9.17, 15) is 0 Å². The number of nitrogens with one attached hydrogen (secondary N) is 1. The molecule has 0 aliphatic carbocycles. The summed E-state index contributed by atoms with van der Waals surface area (Å²) in [4.78, 5) is 4.04. The zero-order valence-electron chi connectivity index (χ0n) is 11.4. The van der Waals surface area contributed by atoms with E-state index in [-0.39, 0.29) is 6.04 Å². The van der Waals surface area contributed by atoms with Crippen LogP contribution in [0.15, 0.2) is 42.7 Å². The first-order valence-corrected chi connectivity index (χ1v) is 6.97. The van der Waals surface area contributed by atoms with Gasteiger partial charge in [-0.2, -0.15) is 0 Å². The number of aryl methyl sites for hydroxylation is 1. The first kappa shape index (κ1) is 13.1. The van der Waals surface area contributed by atoms with Gasteiger partial charge in [0.2, 0.25) is 0 Å². The number of hydrogen-bond donors (Lipinski definition) is 2. The van der Waals surface area contributed by atoms with Gasteiger partial charge >= 0.3 is 0 Å². The van der Waals surface area contributed by atoms with Crippen LogP contribution in [-0.2, 0) is 12.8 Å². The molecule has 1 atom stereocenters. The van der Waals surface area contributed by atoms with Gasteiger partial charge in [-0.25, -0.2) is 0 Å². The highest BCUT2D eigenvalue weighted by Gasteiger charge is 2.13. The smallest absolute Gasteiger partial charge is 0.122 e. The Kier molecular flexibility index (Phi) is 3.95. The largest absolute Gasteiger partial charge is 0.493 e. The number of pyridine rings is 1. The molecular weight excluding hydrogens is 250 g/mol. The summed E-state index contributed by atoms with van der Waals surface area (Å²) in [6.07, 6.45) is 6.57. The van der Waals surface area contributed by atoms with Gasteiger partial charge < -0.3 is 4.74 Å². The molecule has 1 unspecified atom stereocenters. The van der Waals surface area contributed by atoms with Crippen molar-refractivity contribution < 1.29 is 4.74 Å². The quantitative estimate of drug-likeness (QED) is 0.645. The third kappa shape index (κ3) is 2.81. The van der Waals surface area contributed by atoms with Crippen LogP contribution in [0.1, 0.15) is 29.2 Å². The van der Waals surface area contributed by atoms with Crippen LogP contribution in [0.3, 0.4) is 0 Å². The molecule has 1 aliphatic rings. The molecule has 4 heteroatoms. The van der Waals surface area contributed by atoms with Crippen molar-refractivity contribution >= 4 is 0 Å². The average molecular weight is 269 g/mol. The van der Waals surface area contributed by atoms with E-state index in [1.807, 2.05) is 12.1 Å². The van der Waals surface area contributed by atoms with E-state index in [0.29, 0.717) is 0 Å². The van der Waals surface area contributed by atoms with Crippen molar-refractivity contribution in [3.63, 3.8) is 0 Å². The highest BCUT2D eigenvalue weighted by atomic mass is 16.5. The van der Waals surface area contributed by atoms with Crippen LogP contribution < -0.4 is 16.0 Å². The van der Waals surface area contributed by atoms with Crippen LogP contribution in [0.4, 0.5) is 0 Å². The van der Waals surface area contributed by atoms with Gasteiger partial charge in [-0.15, -0.1) is 0 Å². The minimum absolute atomic E-state index is 0.155. The lowest BCUT2D eigenvalue weighted by Gasteiger charge is -2.16. The molecular formula is C16H19N3O. The molecule has 4 nitrogen and oxygen atoms in total. The van der Waals surface area contributed by atoms with Crippen molar-refractivity contribution in [2.75, 3.05) is 6.61 Å². The number of hydrogen-bond acceptors (Lipinski definition) is 4. The Morgan fingerprint density at radius 1 is 1.25 bits per heavy atom. The fourth-order valence-corrected chi connectivity index (χ4v) is 2.65. The highest BCUT2D eigenvalue weighted by molar-refractivity contribution is 5.39. The normalized spacial score (nSPS) is 14.7. The summed E-state index contributed by atoms with van der Waals surface area (Å²) in [5.41, 5.74) is 6.72. The number of rotatable bonds is 5. The van der Waals surface area contributed by atoms with Gasteiger partial charge in [0.1, 0.15) is 5.75 Å². The van der Waals surface area contributed by atoms with Gasteiger partial charge in [-0.05, 0) is 47.7 Å². The van der Waals surface area contributed by atoms with Crippen molar-refractivity contribution in [2.45, 2.75) is 25.3 Å². The molecule has 3 N–H and O–H groups in total. The van der Waals surface area contributed by atoms with Crippen LogP contribution >= 0.6 is 0 Å². The van der Waals surface area contributed by atoms with Crippen LogP contribution in [0.5, 0.6) is 5.75 Å². The van der Waals surface area contributed by atoms with Crippen molar-refractivity contribution in [3.05, 3.63) is 59.4 Å². The molecule has 2 heterocycles. The maximum absolute atomic E-state index is 5.67. The number of nitrogens with two attached hydrogens (primary N) is 1. The third-order valence-corrected chi connectivity index (χ3v) is 3.79. The minimum atomic E-state index is 0.155. The Balaban J connectivity index is 1.66. The molecule has 0 spiro atoms. The summed E-state index contributed by atoms with van der Waals surface area (Å²) >= 11 is 0. The maximum Gasteiger partial charge on any atom is 0.122 e. The number of nitrogens with zero attached hydrogens (tertiary/aromatic N) is 1. The molecule has 2 aromatic rings. The number of ether oxygens (including phenoxy) is 1. The fraction of sp³-hybridized carbons (Fsp3) is 0.312. The van der Waals surface area contributed by atoms with Gasteiger partial charge in [0.15, 0.2) is 0 Å². The van der Waals surface area contributed by atoms with Crippen molar-refractivity contribution in [1.29, 1.82) is 0 Å². The summed E-state index contributed by atoms with van der Waals surface area (Å²) in [6, 6.07) is 10.6. The lowest BCUT2D eigenvalue weighted by molar-refractivity contribution is 0.357. The molecule has 20 heavy (non-hydrogen) atoms. The number of benzene rings is 1. The van der Waals surface area contributed by atoms with E-state index in [0.717, 1.165) is 31.6 Å². The summed E-state index contributed by atoms with van der Waals surface area (Å²) < 4.78 is 5.53. The van der Waals surface area contributed by atoms with E-state index < -0.39 is 0 Å². The Labute approximate surface area is 119 Å². The van der Waals surface area contributed by atoms with Gasteiger partial charge in [0.25, 0.3) is 0 Å². The van der Waals surface area contributed by atoms with Crippen LogP contribution in [0.2, 0.25) is 0 Å². The minimum Gasteiger partial charge on any atom is -0.493 e. The molecule has 0 fully saturated rings. The summed E-state index contributed by atoms with van der Waals surface area (Å²) in [5, 5.41) is 0. The monoisotopic (exact) mass is 269 g/mol. The van der Waals surface area contributed by atoms with Gasteiger partial charge in [-0.1, -0.05) is 12.1 Å². The Morgan fingerprint density at radius 3 is 2.90 bits per heavy atom. The molecule has 0 bridgehead atoms. The van der Waals surface area contributed by atoms with Crippen LogP contribution in [0, 0.1) is 0 Å². The summed E-state index contributed by atoms with van der Waals surface area (Å²) in [6.45, 7) is 0.808. The Bertz CT molecular complexity index is 571. The lowest BCUT2D eigenvalue weighted by atomic mass is 9.99. The summed E-state index contributed by atoms with van der Waals surface area (Å²) in [7, 11) is 0. The second-order valence-corrected chi connectivity index (χ2v) is 5.08. The fourth-order valence-electron chi connectivity index (χ4n) is 2.65. The Morgan fingerprint density at radius 2 is 2.10 bits per heavy atom. The van der Waals surface area contributed by atoms with Crippen LogP contribution in [-0.4, -0.2) is 11.6 Å². The molecule has 0 radical (unpaired) electrons. The third-order valence-electron chi connectivity index (χ3n) is 3.79. The zero-order chi connectivity index (χ0) is 13.8. The average Bonchev–Trinajstić information content (AvgIpc) is 2.96. The van der Waals surface area contributed by atoms with E-state index in [1.165, 1.54) is 16.7 Å². The van der Waals surface area contributed by atoms with E-state index in [2.05, 4.69) is 28.6 Å². The zero-order valence-corrected chi connectivity index (χ0v) is 11.4. The first-order chi connectivity index (χ1) is 9.86. The second-order valence-electron chi connectivity index (χ2n) is 5.08. The van der Waals surface area contributed by atoms with Crippen molar-refractivity contribution in [3.8, 4) is 5.75 Å². The lowest BCUT2D eigenvalue weighted by Crippen LogP contribution is -2.28. The molecule has 3 rings (SSSR count). The van der Waals surface area contributed by atoms with Crippen molar-refractivity contribution in [1.82, 2.24) is 10.4 Å². The second kappa shape index (κ2) is 6.03. The number of fused-ring (bicyclic) bond motifs is 1. The molecule has 1 aliphatic heterocycles.